The summed E-state index contributed by atoms with van der Waals surface area (Å²) in [6.07, 6.45) is 0. The van der Waals surface area contributed by atoms with Crippen LogP contribution in [0.25, 0.3) is 6.15 Å². The van der Waals surface area contributed by atoms with Gasteiger partial charge in [-0.2, -0.15) is 0 Å². The van der Waals surface area contributed by atoms with E-state index in [-0.39, 0.29) is 25.6 Å². The predicted molar refractivity (Wildman–Crippen MR) is 96.3 cm³/mol. The number of hydrogen-bond donors (Lipinski definition) is 0. The van der Waals surface area contributed by atoms with Crippen LogP contribution in [0.3, 0.4) is 0 Å². The van der Waals surface area contributed by atoms with Crippen molar-refractivity contribution in [3.05, 3.63) is 97.1 Å². The third-order valence-corrected chi connectivity index (χ3v) is 8.12. The van der Waals surface area contributed by atoms with E-state index in [9.17, 15) is 0 Å². The average Bonchev–Trinajstić information content (AvgIpc) is 2.56. The Hall–Kier alpha value is -1.04. The second-order valence-corrected chi connectivity index (χ2v) is 8.84. The summed E-state index contributed by atoms with van der Waals surface area (Å²) in [5.41, 5.74) is 0. The van der Waals surface area contributed by atoms with Crippen LogP contribution in [0.1, 0.15) is 0 Å². The molecule has 3 aromatic carbocycles. The average molecular weight is 417 g/mol. The molecule has 0 atom stereocenters. The quantitative estimate of drug-likeness (QED) is 0.432. The van der Waals surface area contributed by atoms with E-state index < -0.39 is 6.62 Å². The van der Waals surface area contributed by atoms with Gasteiger partial charge in [0.2, 0.25) is 6.62 Å². The molecule has 0 aliphatic heterocycles. The van der Waals surface area contributed by atoms with Crippen molar-refractivity contribution in [2.24, 2.45) is 0 Å². The van der Waals surface area contributed by atoms with Gasteiger partial charge in [-0.15, -0.1) is 0 Å². The molecule has 0 aromatic heterocycles. The smallest absolute Gasteiger partial charge is 0.210 e. The van der Waals surface area contributed by atoms with Gasteiger partial charge in [-0.3, -0.25) is 0 Å². The molecule has 1 radical (unpaired) electrons. The maximum Gasteiger partial charge on any atom is 0.210 e. The minimum atomic E-state index is -2.05. The molecule has 0 amide bonds. The van der Waals surface area contributed by atoms with Crippen LogP contribution < -0.4 is 15.9 Å². The second kappa shape index (κ2) is 8.56. The molecule has 3 aromatic rings. The third kappa shape index (κ3) is 3.65. The van der Waals surface area contributed by atoms with Crippen LogP contribution in [-0.2, 0) is 19.5 Å². The van der Waals surface area contributed by atoms with Crippen molar-refractivity contribution in [1.82, 2.24) is 0 Å². The largest absolute Gasteiger partial charge is 0.693 e. The molecule has 0 bridgehead atoms. The molecule has 3 rings (SSSR count). The summed E-state index contributed by atoms with van der Waals surface area (Å²) < 4.78 is 0. The van der Waals surface area contributed by atoms with E-state index in [1.807, 2.05) is 18.2 Å². The Morgan fingerprint density at radius 3 is 0.955 bits per heavy atom. The molecule has 0 unspecified atom stereocenters. The van der Waals surface area contributed by atoms with E-state index in [2.05, 4.69) is 72.8 Å². The van der Waals surface area contributed by atoms with Crippen molar-refractivity contribution in [3.8, 4) is 0 Å². The Kier molecular flexibility index (Phi) is 7.40. The van der Waals surface area contributed by atoms with Crippen LogP contribution in [0, 0.1) is 0 Å². The fraction of sp³-hybridized carbons (Fsp3) is 0. The van der Waals surface area contributed by atoms with E-state index in [0.717, 1.165) is 0 Å². The van der Waals surface area contributed by atoms with Crippen LogP contribution in [0.4, 0.5) is 0 Å². The standard InChI is InChI=1S/C18H15ClP.H2N.Rh/c19-20(16-10-4-1-5-11-16,17-12-6-2-7-13-17)18-14-8-3-9-15-18;;/h1-15H;1H2;/q+1;-1;. The summed E-state index contributed by atoms with van der Waals surface area (Å²) in [6.45, 7) is -2.05. The molecule has 0 saturated carbocycles. The minimum absolute atomic E-state index is 0. The van der Waals surface area contributed by atoms with E-state index in [1.54, 1.807) is 0 Å². The molecular weight excluding hydrogens is 400 g/mol. The zero-order valence-electron chi connectivity index (χ0n) is 11.9. The summed E-state index contributed by atoms with van der Waals surface area (Å²) in [5, 5.41) is 3.58. The van der Waals surface area contributed by atoms with E-state index in [4.69, 9.17) is 11.2 Å². The maximum absolute atomic E-state index is 7.23. The van der Waals surface area contributed by atoms with Crippen molar-refractivity contribution in [1.29, 1.82) is 0 Å². The third-order valence-electron chi connectivity index (χ3n) is 3.34. The fourth-order valence-corrected chi connectivity index (χ4v) is 6.00. The van der Waals surface area contributed by atoms with E-state index in [0.29, 0.717) is 0 Å². The van der Waals surface area contributed by atoms with Crippen molar-refractivity contribution in [2.75, 3.05) is 0 Å². The molecular formula is C18H17ClNPRh. The molecule has 1 nitrogen and oxygen atoms in total. The number of hydrogen-bond acceptors (Lipinski definition) is 0. The van der Waals surface area contributed by atoms with Crippen LogP contribution in [0.15, 0.2) is 91.0 Å². The molecule has 0 aliphatic carbocycles. The molecule has 4 heteroatoms. The SMILES string of the molecule is Cl[P+](c1ccccc1)(c1ccccc1)c1ccccc1.[NH2-].[Rh]. The van der Waals surface area contributed by atoms with Gasteiger partial charge in [0, 0.05) is 19.5 Å². The summed E-state index contributed by atoms with van der Waals surface area (Å²) in [7, 11) is 0. The number of rotatable bonds is 3. The van der Waals surface area contributed by atoms with Gasteiger partial charge in [0.15, 0.2) is 0 Å². The van der Waals surface area contributed by atoms with Gasteiger partial charge in [-0.25, -0.2) is 0 Å². The van der Waals surface area contributed by atoms with Crippen molar-refractivity contribution in [3.63, 3.8) is 0 Å². The summed E-state index contributed by atoms with van der Waals surface area (Å²) in [5.74, 6) is 0. The Morgan fingerprint density at radius 1 is 0.500 bits per heavy atom. The molecule has 115 valence electrons. The number of halogens is 1. The number of benzene rings is 3. The van der Waals surface area contributed by atoms with Crippen LogP contribution >= 0.6 is 17.9 Å². The Morgan fingerprint density at radius 2 is 0.727 bits per heavy atom. The molecule has 0 saturated heterocycles. The molecule has 22 heavy (non-hydrogen) atoms. The first-order chi connectivity index (χ1) is 9.82. The normalized spacial score (nSPS) is 10.2. The summed E-state index contributed by atoms with van der Waals surface area (Å²) >= 11 is 7.23. The van der Waals surface area contributed by atoms with Crippen molar-refractivity contribution >= 4 is 33.8 Å². The summed E-state index contributed by atoms with van der Waals surface area (Å²) in [6, 6.07) is 31.2. The van der Waals surface area contributed by atoms with Gasteiger partial charge in [-0.1, -0.05) is 54.6 Å². The fourth-order valence-electron chi connectivity index (χ4n) is 2.35. The zero-order valence-corrected chi connectivity index (χ0v) is 15.2. The van der Waals surface area contributed by atoms with Gasteiger partial charge >= 0.3 is 0 Å². The molecule has 0 aliphatic rings. The van der Waals surface area contributed by atoms with Gasteiger partial charge in [-0.05, 0) is 36.4 Å². The Labute approximate surface area is 150 Å². The number of nitrogens with two attached hydrogens (primary N) is 1. The Balaban J connectivity index is 0.00000121. The van der Waals surface area contributed by atoms with Crippen molar-refractivity contribution < 1.29 is 19.5 Å². The van der Waals surface area contributed by atoms with Crippen LogP contribution in [-0.4, -0.2) is 0 Å². The van der Waals surface area contributed by atoms with Crippen LogP contribution in [0.2, 0.25) is 0 Å². The predicted octanol–water partition coefficient (Wildman–Crippen LogP) is 4.85. The minimum Gasteiger partial charge on any atom is -0.693 e. The monoisotopic (exact) mass is 416 g/mol. The van der Waals surface area contributed by atoms with Gasteiger partial charge in [0.05, 0.1) is 0 Å². The molecule has 2 N–H and O–H groups in total. The van der Waals surface area contributed by atoms with Gasteiger partial charge in [0.25, 0.3) is 0 Å². The van der Waals surface area contributed by atoms with Crippen LogP contribution in [0.5, 0.6) is 0 Å². The molecule has 0 heterocycles. The zero-order chi connectivity index (χ0) is 13.8. The summed E-state index contributed by atoms with van der Waals surface area (Å²) in [4.78, 5) is 0. The molecule has 0 fully saturated rings. The van der Waals surface area contributed by atoms with Crippen molar-refractivity contribution in [2.45, 2.75) is 0 Å². The van der Waals surface area contributed by atoms with Gasteiger partial charge in [0.1, 0.15) is 27.2 Å². The molecule has 0 spiro atoms. The van der Waals surface area contributed by atoms with Gasteiger partial charge < -0.3 is 6.15 Å². The first-order valence-corrected chi connectivity index (χ1v) is 9.27. The first kappa shape index (κ1) is 19.0. The second-order valence-electron chi connectivity index (χ2n) is 4.60. The first-order valence-electron chi connectivity index (χ1n) is 6.57. The topological polar surface area (TPSA) is 33.5 Å². The van der Waals surface area contributed by atoms with E-state index >= 15 is 0 Å². The maximum atomic E-state index is 7.23. The van der Waals surface area contributed by atoms with E-state index in [1.165, 1.54) is 15.9 Å². The Bertz CT molecular complexity index is 581.